The number of aryl methyl sites for hydroxylation is 2. The molecule has 0 spiro atoms. The summed E-state index contributed by atoms with van der Waals surface area (Å²) in [4.78, 5) is 22.2. The zero-order valence-electron chi connectivity index (χ0n) is 15.9. The summed E-state index contributed by atoms with van der Waals surface area (Å²) in [7, 11) is 0. The maximum absolute atomic E-state index is 14.6. The Morgan fingerprint density at radius 2 is 1.10 bits per heavy atom. The van der Waals surface area contributed by atoms with E-state index in [-0.39, 0.29) is 30.6 Å². The minimum atomic E-state index is -5.69. The Labute approximate surface area is 179 Å². The lowest BCUT2D eigenvalue weighted by Crippen LogP contribution is -2.49. The van der Waals surface area contributed by atoms with E-state index in [1.165, 1.54) is 13.8 Å². The molecule has 2 heterocycles. The Hall–Kier alpha value is -2.34. The highest BCUT2D eigenvalue weighted by Gasteiger charge is 2.79. The van der Waals surface area contributed by atoms with Crippen molar-refractivity contribution < 1.29 is 46.1 Å². The molecule has 2 aromatic heterocycles. The average Bonchev–Trinajstić information content (AvgIpc) is 3.22. The molecule has 0 radical (unpaired) electrons. The van der Waals surface area contributed by atoms with Crippen molar-refractivity contribution in [3.8, 4) is 0 Å². The van der Waals surface area contributed by atoms with Crippen LogP contribution in [0.25, 0.3) is 0 Å². The molecule has 0 aliphatic heterocycles. The number of carboxylic acids is 2. The third-order valence-electron chi connectivity index (χ3n) is 5.11. The van der Waals surface area contributed by atoms with E-state index in [0.29, 0.717) is 22.7 Å². The molecule has 1 aliphatic rings. The number of halogens is 6. The van der Waals surface area contributed by atoms with E-state index in [1.54, 1.807) is 0 Å². The fourth-order valence-electron chi connectivity index (χ4n) is 3.37. The Balaban J connectivity index is 2.15. The average molecular weight is 484 g/mol. The molecule has 0 unspecified atom stereocenters. The molecule has 12 heteroatoms. The molecule has 0 amide bonds. The first-order valence-corrected chi connectivity index (χ1v) is 10.3. The zero-order chi connectivity index (χ0) is 23.5. The number of hydrogen-bond donors (Lipinski definition) is 2. The van der Waals surface area contributed by atoms with Crippen LogP contribution < -0.4 is 0 Å². The second-order valence-electron chi connectivity index (χ2n) is 7.03. The van der Waals surface area contributed by atoms with Crippen LogP contribution in [-0.2, 0) is 12.8 Å². The molecule has 2 N–H and O–H groups in total. The number of alkyl halides is 6. The molecule has 3 rings (SSSR count). The van der Waals surface area contributed by atoms with Crippen LogP contribution in [0.2, 0.25) is 0 Å². The van der Waals surface area contributed by atoms with E-state index in [2.05, 4.69) is 0 Å². The Morgan fingerprint density at radius 3 is 1.35 bits per heavy atom. The summed E-state index contributed by atoms with van der Waals surface area (Å²) in [5, 5.41) is 18.1. The van der Waals surface area contributed by atoms with Gasteiger partial charge in [-0.15, -0.1) is 22.7 Å². The molecule has 4 nitrogen and oxygen atoms in total. The summed E-state index contributed by atoms with van der Waals surface area (Å²) in [6.45, 7) is 2.75. The van der Waals surface area contributed by atoms with E-state index in [4.69, 9.17) is 10.2 Å². The van der Waals surface area contributed by atoms with Crippen LogP contribution in [0.4, 0.5) is 26.3 Å². The molecular formula is C19H14F6O4S2. The molecule has 0 atom stereocenters. The van der Waals surface area contributed by atoms with Crippen molar-refractivity contribution in [2.45, 2.75) is 44.5 Å². The van der Waals surface area contributed by atoms with Gasteiger partial charge in [0.1, 0.15) is 9.75 Å². The van der Waals surface area contributed by atoms with Gasteiger partial charge in [-0.25, -0.2) is 9.59 Å². The highest BCUT2D eigenvalue weighted by molar-refractivity contribution is 7.14. The van der Waals surface area contributed by atoms with Crippen LogP contribution in [-0.4, -0.2) is 39.9 Å². The Morgan fingerprint density at radius 1 is 0.774 bits per heavy atom. The lowest BCUT2D eigenvalue weighted by Gasteiger charge is -2.26. The molecular weight excluding hydrogens is 470 g/mol. The summed E-state index contributed by atoms with van der Waals surface area (Å²) in [5.41, 5.74) is -3.11. The van der Waals surface area contributed by atoms with E-state index in [9.17, 15) is 35.9 Å². The lowest BCUT2D eigenvalue weighted by molar-refractivity contribution is -0.265. The first-order valence-electron chi connectivity index (χ1n) is 8.62. The predicted octanol–water partition coefficient (Wildman–Crippen LogP) is 5.82. The monoisotopic (exact) mass is 484 g/mol. The van der Waals surface area contributed by atoms with Gasteiger partial charge in [0, 0.05) is 33.7 Å². The first kappa shape index (κ1) is 23.3. The van der Waals surface area contributed by atoms with E-state index in [0.717, 1.165) is 12.1 Å². The molecule has 31 heavy (non-hydrogen) atoms. The zero-order valence-corrected chi connectivity index (χ0v) is 17.5. The van der Waals surface area contributed by atoms with Crippen LogP contribution in [0.15, 0.2) is 23.3 Å². The topological polar surface area (TPSA) is 74.6 Å². The van der Waals surface area contributed by atoms with Crippen LogP contribution in [0.5, 0.6) is 0 Å². The van der Waals surface area contributed by atoms with Crippen molar-refractivity contribution in [3.05, 3.63) is 53.9 Å². The summed E-state index contributed by atoms with van der Waals surface area (Å²) in [6, 6.07) is 1.99. The summed E-state index contributed by atoms with van der Waals surface area (Å²) < 4.78 is 86.5. The standard InChI is InChI=1S/C19H14F6O4S2/c1-7-9(5-13(30-7)15(26)27)3-11-12(18(22,23)19(24,25)17(11,20)21)4-10-6-14(16(28)29)31-8(10)2/h5-6H,3-4H2,1-2H3,(H,26,27)(H,28,29). The number of aromatic carboxylic acids is 2. The number of hydrogen-bond acceptors (Lipinski definition) is 4. The molecule has 1 aliphatic carbocycles. The van der Waals surface area contributed by atoms with Crippen molar-refractivity contribution in [2.24, 2.45) is 0 Å². The Bertz CT molecular complexity index is 1030. The van der Waals surface area contributed by atoms with Crippen molar-refractivity contribution in [1.82, 2.24) is 0 Å². The van der Waals surface area contributed by atoms with Crippen LogP contribution >= 0.6 is 22.7 Å². The van der Waals surface area contributed by atoms with Gasteiger partial charge in [0.25, 0.3) is 0 Å². The van der Waals surface area contributed by atoms with Gasteiger partial charge in [0.2, 0.25) is 0 Å². The van der Waals surface area contributed by atoms with Gasteiger partial charge in [0.15, 0.2) is 0 Å². The summed E-state index contributed by atoms with van der Waals surface area (Å²) in [6.07, 6.45) is -1.98. The number of thiophene rings is 2. The largest absolute Gasteiger partial charge is 0.477 e. The smallest absolute Gasteiger partial charge is 0.380 e. The van der Waals surface area contributed by atoms with Crippen molar-refractivity contribution in [3.63, 3.8) is 0 Å². The van der Waals surface area contributed by atoms with Crippen LogP contribution in [0.3, 0.4) is 0 Å². The number of carbonyl (C=O) groups is 2. The van der Waals surface area contributed by atoms with Crippen molar-refractivity contribution >= 4 is 34.6 Å². The fourth-order valence-corrected chi connectivity index (χ4v) is 5.13. The molecule has 2 aromatic rings. The van der Waals surface area contributed by atoms with Gasteiger partial charge >= 0.3 is 29.7 Å². The summed E-state index contributed by atoms with van der Waals surface area (Å²) >= 11 is 1.43. The van der Waals surface area contributed by atoms with E-state index >= 15 is 0 Å². The fraction of sp³-hybridized carbons (Fsp3) is 0.368. The van der Waals surface area contributed by atoms with Gasteiger partial charge in [-0.05, 0) is 37.1 Å². The highest BCUT2D eigenvalue weighted by atomic mass is 32.1. The lowest BCUT2D eigenvalue weighted by atomic mass is 9.95. The molecule has 0 bridgehead atoms. The van der Waals surface area contributed by atoms with Gasteiger partial charge in [-0.3, -0.25) is 0 Å². The molecule has 0 saturated heterocycles. The van der Waals surface area contributed by atoms with Crippen LogP contribution in [0.1, 0.15) is 40.2 Å². The second kappa shape index (κ2) is 7.37. The third-order valence-corrected chi connectivity index (χ3v) is 7.27. The first-order chi connectivity index (χ1) is 14.1. The third kappa shape index (κ3) is 3.55. The van der Waals surface area contributed by atoms with Crippen LogP contribution in [0, 0.1) is 13.8 Å². The molecule has 0 aromatic carbocycles. The highest BCUT2D eigenvalue weighted by Crippen LogP contribution is 2.60. The maximum Gasteiger partial charge on any atom is 0.380 e. The maximum atomic E-state index is 14.6. The van der Waals surface area contributed by atoms with Crippen molar-refractivity contribution in [2.75, 3.05) is 0 Å². The van der Waals surface area contributed by atoms with Crippen molar-refractivity contribution in [1.29, 1.82) is 0 Å². The molecule has 168 valence electrons. The molecule has 0 fully saturated rings. The van der Waals surface area contributed by atoms with Gasteiger partial charge in [0.05, 0.1) is 0 Å². The van der Waals surface area contributed by atoms with E-state index < -0.39 is 53.7 Å². The summed E-state index contributed by atoms with van der Waals surface area (Å²) in [5.74, 6) is -18.8. The molecule has 0 saturated carbocycles. The normalized spacial score (nSPS) is 19.1. The number of carboxylic acid groups (broad SMARTS) is 2. The minimum absolute atomic E-state index is 0.0728. The second-order valence-corrected chi connectivity index (χ2v) is 9.54. The number of allylic oxidation sites excluding steroid dienone is 2. The SMILES string of the molecule is Cc1sc(C(=O)O)cc1CC1=C(Cc2cc(C(=O)O)sc2C)C(F)(F)C(F)(F)C1(F)F. The van der Waals surface area contributed by atoms with Gasteiger partial charge < -0.3 is 10.2 Å². The predicted molar refractivity (Wildman–Crippen MR) is 101 cm³/mol. The minimum Gasteiger partial charge on any atom is -0.477 e. The van der Waals surface area contributed by atoms with E-state index in [1.807, 2.05) is 0 Å². The van der Waals surface area contributed by atoms with Gasteiger partial charge in [-0.1, -0.05) is 0 Å². The van der Waals surface area contributed by atoms with Gasteiger partial charge in [-0.2, -0.15) is 26.3 Å². The quantitative estimate of drug-likeness (QED) is 0.400. The Kier molecular flexibility index (Phi) is 5.54. The number of rotatable bonds is 6.